The molecule has 0 aromatic rings. The lowest BCUT2D eigenvalue weighted by molar-refractivity contribution is -0.148. The van der Waals surface area contributed by atoms with E-state index in [0.29, 0.717) is 19.4 Å². The highest BCUT2D eigenvalue weighted by molar-refractivity contribution is 5.84. The van der Waals surface area contributed by atoms with E-state index in [4.69, 9.17) is 9.84 Å². The van der Waals surface area contributed by atoms with Gasteiger partial charge in [0.15, 0.2) is 0 Å². The number of aliphatic carboxylic acids is 1. The Kier molecular flexibility index (Phi) is 2.98. The summed E-state index contributed by atoms with van der Waals surface area (Å²) in [6.45, 7) is 4.10. The molecule has 5 nitrogen and oxygen atoms in total. The number of carbonyl (C=O) groups is 2. The summed E-state index contributed by atoms with van der Waals surface area (Å²) >= 11 is 0. The summed E-state index contributed by atoms with van der Waals surface area (Å²) in [6.07, 6.45) is 0.632. The van der Waals surface area contributed by atoms with Crippen LogP contribution in [-0.4, -0.2) is 40.8 Å². The van der Waals surface area contributed by atoms with Crippen LogP contribution in [0.1, 0.15) is 26.7 Å². The number of hydrogen-bond donors (Lipinski definition) is 1. The third kappa shape index (κ3) is 1.66. The quantitative estimate of drug-likeness (QED) is 0.739. The molecule has 0 aromatic heterocycles. The number of cyclic esters (lactones) is 1. The number of carbonyl (C=O) groups excluding carboxylic acids is 1. The second-order valence-electron chi connectivity index (χ2n) is 3.60. The van der Waals surface area contributed by atoms with E-state index in [-0.39, 0.29) is 6.61 Å². The fourth-order valence-electron chi connectivity index (χ4n) is 1.69. The topological polar surface area (TPSA) is 66.8 Å². The summed E-state index contributed by atoms with van der Waals surface area (Å²) < 4.78 is 4.73. The third-order valence-corrected chi connectivity index (χ3v) is 2.55. The maximum Gasteiger partial charge on any atom is 0.410 e. The van der Waals surface area contributed by atoms with Gasteiger partial charge in [-0.1, -0.05) is 13.3 Å². The molecule has 5 heteroatoms. The van der Waals surface area contributed by atoms with Crippen molar-refractivity contribution in [1.29, 1.82) is 0 Å². The van der Waals surface area contributed by atoms with Crippen LogP contribution in [0.25, 0.3) is 0 Å². The number of rotatable bonds is 4. The number of carboxylic acids is 1. The van der Waals surface area contributed by atoms with E-state index in [0.717, 1.165) is 0 Å². The molecule has 0 radical (unpaired) electrons. The fourth-order valence-corrected chi connectivity index (χ4v) is 1.69. The smallest absolute Gasteiger partial charge is 0.410 e. The van der Waals surface area contributed by atoms with Crippen LogP contribution in [0, 0.1) is 0 Å². The minimum atomic E-state index is -1.12. The fraction of sp³-hybridized carbons (Fsp3) is 0.778. The molecular formula is C9H15NO4. The van der Waals surface area contributed by atoms with E-state index in [1.807, 2.05) is 6.92 Å². The zero-order valence-corrected chi connectivity index (χ0v) is 8.45. The highest BCUT2D eigenvalue weighted by Gasteiger charge is 2.44. The average molecular weight is 201 g/mol. The van der Waals surface area contributed by atoms with Gasteiger partial charge in [0.05, 0.1) is 6.54 Å². The van der Waals surface area contributed by atoms with Gasteiger partial charge in [-0.2, -0.15) is 0 Å². The molecule has 1 heterocycles. The van der Waals surface area contributed by atoms with Gasteiger partial charge in [-0.25, -0.2) is 9.59 Å². The van der Waals surface area contributed by atoms with Crippen molar-refractivity contribution in [3.05, 3.63) is 0 Å². The van der Waals surface area contributed by atoms with Crippen LogP contribution in [0.3, 0.4) is 0 Å². The van der Waals surface area contributed by atoms with Gasteiger partial charge >= 0.3 is 12.1 Å². The van der Waals surface area contributed by atoms with E-state index >= 15 is 0 Å². The summed E-state index contributed by atoms with van der Waals surface area (Å²) in [7, 11) is 0. The largest absolute Gasteiger partial charge is 0.480 e. The Balaban J connectivity index is 2.86. The molecule has 1 aliphatic heterocycles. The molecule has 14 heavy (non-hydrogen) atoms. The lowest BCUT2D eigenvalue weighted by Gasteiger charge is -2.32. The maximum absolute atomic E-state index is 11.2. The van der Waals surface area contributed by atoms with Crippen molar-refractivity contribution in [3.63, 3.8) is 0 Å². The van der Waals surface area contributed by atoms with E-state index < -0.39 is 17.6 Å². The third-order valence-electron chi connectivity index (χ3n) is 2.55. The van der Waals surface area contributed by atoms with Crippen LogP contribution in [0.4, 0.5) is 4.79 Å². The first-order chi connectivity index (χ1) is 6.52. The lowest BCUT2D eigenvalue weighted by atomic mass is 9.94. The van der Waals surface area contributed by atoms with E-state index in [1.165, 1.54) is 4.90 Å². The Hall–Kier alpha value is -1.26. The van der Waals surface area contributed by atoms with Gasteiger partial charge in [0.2, 0.25) is 0 Å². The monoisotopic (exact) mass is 201 g/mol. The molecule has 1 aliphatic rings. The van der Waals surface area contributed by atoms with Crippen LogP contribution in [0.2, 0.25) is 0 Å². The average Bonchev–Trinajstić information content (AvgIpc) is 2.51. The minimum Gasteiger partial charge on any atom is -0.480 e. The van der Waals surface area contributed by atoms with Crippen molar-refractivity contribution in [2.45, 2.75) is 32.2 Å². The molecule has 0 bridgehead atoms. The first-order valence-electron chi connectivity index (χ1n) is 4.70. The minimum absolute atomic E-state index is 0.283. The number of carboxylic acid groups (broad SMARTS) is 1. The number of hydrogen-bond acceptors (Lipinski definition) is 3. The van der Waals surface area contributed by atoms with E-state index in [2.05, 4.69) is 0 Å². The van der Waals surface area contributed by atoms with Gasteiger partial charge in [0.25, 0.3) is 0 Å². The van der Waals surface area contributed by atoms with Crippen LogP contribution in [0.15, 0.2) is 0 Å². The molecular weight excluding hydrogens is 186 g/mol. The van der Waals surface area contributed by atoms with Crippen molar-refractivity contribution in [1.82, 2.24) is 4.90 Å². The van der Waals surface area contributed by atoms with Crippen LogP contribution < -0.4 is 0 Å². The van der Waals surface area contributed by atoms with Gasteiger partial charge in [-0.3, -0.25) is 4.90 Å². The van der Waals surface area contributed by atoms with Crippen molar-refractivity contribution in [2.75, 3.05) is 13.2 Å². The van der Waals surface area contributed by atoms with Crippen molar-refractivity contribution in [3.8, 4) is 0 Å². The Morgan fingerprint density at radius 3 is 2.71 bits per heavy atom. The molecule has 1 N–H and O–H groups in total. The number of amides is 1. The van der Waals surface area contributed by atoms with Gasteiger partial charge in [0, 0.05) is 0 Å². The van der Waals surface area contributed by atoms with Crippen LogP contribution >= 0.6 is 0 Å². The molecule has 0 aliphatic carbocycles. The van der Waals surface area contributed by atoms with Gasteiger partial charge in [-0.15, -0.1) is 0 Å². The van der Waals surface area contributed by atoms with Crippen molar-refractivity contribution < 1.29 is 19.4 Å². The molecule has 0 aromatic carbocycles. The van der Waals surface area contributed by atoms with Crippen molar-refractivity contribution in [2.24, 2.45) is 0 Å². The summed E-state index contributed by atoms with van der Waals surface area (Å²) in [5, 5.41) is 9.09. The standard InChI is InChI=1S/C9H15NO4/c1-3-4-9(2,7(11)12)10-5-6-14-8(10)13/h3-6H2,1-2H3,(H,11,12). The Morgan fingerprint density at radius 1 is 1.71 bits per heavy atom. The van der Waals surface area contributed by atoms with E-state index in [1.54, 1.807) is 6.92 Å². The van der Waals surface area contributed by atoms with Gasteiger partial charge < -0.3 is 9.84 Å². The molecule has 1 fully saturated rings. The Morgan fingerprint density at radius 2 is 2.36 bits per heavy atom. The number of nitrogens with zero attached hydrogens (tertiary/aromatic N) is 1. The highest BCUT2D eigenvalue weighted by atomic mass is 16.6. The van der Waals surface area contributed by atoms with Gasteiger partial charge in [0.1, 0.15) is 12.1 Å². The maximum atomic E-state index is 11.2. The molecule has 0 saturated carbocycles. The second-order valence-corrected chi connectivity index (χ2v) is 3.60. The summed E-state index contributed by atoms with van der Waals surface area (Å²) in [5.74, 6) is -0.974. The lowest BCUT2D eigenvalue weighted by Crippen LogP contribution is -2.52. The van der Waals surface area contributed by atoms with Gasteiger partial charge in [-0.05, 0) is 13.3 Å². The summed E-state index contributed by atoms with van der Waals surface area (Å²) in [5.41, 5.74) is -1.12. The Labute approximate surface area is 82.6 Å². The van der Waals surface area contributed by atoms with E-state index in [9.17, 15) is 9.59 Å². The summed E-state index contributed by atoms with van der Waals surface area (Å²) in [6, 6.07) is 0. The van der Waals surface area contributed by atoms with Crippen molar-refractivity contribution >= 4 is 12.1 Å². The molecule has 0 spiro atoms. The molecule has 1 amide bonds. The predicted octanol–water partition coefficient (Wildman–Crippen LogP) is 1.08. The highest BCUT2D eigenvalue weighted by Crippen LogP contribution is 2.25. The normalized spacial score (nSPS) is 20.4. The SMILES string of the molecule is CCCC(C)(C(=O)O)N1CCOC1=O. The van der Waals surface area contributed by atoms with Crippen LogP contribution in [0.5, 0.6) is 0 Å². The predicted molar refractivity (Wildman–Crippen MR) is 49.0 cm³/mol. The first-order valence-corrected chi connectivity index (χ1v) is 4.70. The molecule has 1 saturated heterocycles. The zero-order valence-electron chi connectivity index (χ0n) is 8.45. The molecule has 1 atom stereocenters. The summed E-state index contributed by atoms with van der Waals surface area (Å²) in [4.78, 5) is 23.6. The number of ether oxygens (including phenoxy) is 1. The van der Waals surface area contributed by atoms with Crippen LogP contribution in [-0.2, 0) is 9.53 Å². The first kappa shape index (κ1) is 10.8. The molecule has 1 rings (SSSR count). The zero-order chi connectivity index (χ0) is 10.8. The molecule has 80 valence electrons. The second kappa shape index (κ2) is 3.86. The Bertz CT molecular complexity index is 253. The molecule has 1 unspecified atom stereocenters.